The molecule has 0 radical (unpaired) electrons. The molecule has 0 aliphatic carbocycles. The van der Waals surface area contributed by atoms with Crippen LogP contribution in [0.2, 0.25) is 0 Å². The summed E-state index contributed by atoms with van der Waals surface area (Å²) in [5.74, 6) is -2.06. The maximum atomic E-state index is 11.4. The quantitative estimate of drug-likeness (QED) is 0.467. The van der Waals surface area contributed by atoms with Crippen LogP contribution in [0.4, 0.5) is 0 Å². The van der Waals surface area contributed by atoms with Crippen molar-refractivity contribution in [1.29, 1.82) is 0 Å². The van der Waals surface area contributed by atoms with Crippen molar-refractivity contribution in [2.24, 2.45) is 5.73 Å². The Bertz CT molecular complexity index is 258. The van der Waals surface area contributed by atoms with E-state index in [1.807, 2.05) is 0 Å². The Morgan fingerprint density at radius 2 is 2.00 bits per heavy atom. The Kier molecular flexibility index (Phi) is 6.64. The van der Waals surface area contributed by atoms with Crippen LogP contribution in [0.1, 0.15) is 6.92 Å². The third kappa shape index (κ3) is 4.75. The van der Waals surface area contributed by atoms with Crippen molar-refractivity contribution in [2.75, 3.05) is 25.5 Å². The summed E-state index contributed by atoms with van der Waals surface area (Å²) in [6, 6.07) is 0. The van der Waals surface area contributed by atoms with Gasteiger partial charge in [-0.1, -0.05) is 0 Å². The molecule has 6 nitrogen and oxygen atoms in total. The first-order chi connectivity index (χ1) is 7.04. The van der Waals surface area contributed by atoms with Crippen LogP contribution in [0, 0.1) is 0 Å². The molecule has 0 aromatic heterocycles. The molecule has 0 unspecified atom stereocenters. The van der Waals surface area contributed by atoms with Gasteiger partial charge in [-0.25, -0.2) is 0 Å². The molecule has 3 amide bonds. The third-order valence-corrected chi connectivity index (χ3v) is 1.74. The van der Waals surface area contributed by atoms with Gasteiger partial charge in [0.1, 0.15) is 0 Å². The lowest BCUT2D eigenvalue weighted by atomic mass is 10.4. The van der Waals surface area contributed by atoms with Crippen molar-refractivity contribution >= 4 is 29.3 Å². The van der Waals surface area contributed by atoms with E-state index in [-0.39, 0.29) is 25.5 Å². The molecule has 0 bridgehead atoms. The number of nitrogens with one attached hydrogen (secondary N) is 1. The summed E-state index contributed by atoms with van der Waals surface area (Å²) in [6.45, 7) is 1.53. The highest BCUT2D eigenvalue weighted by Crippen LogP contribution is 1.90. The summed E-state index contributed by atoms with van der Waals surface area (Å²) >= 11 is 5.33. The number of rotatable bonds is 4. The zero-order valence-electron chi connectivity index (χ0n) is 8.46. The lowest BCUT2D eigenvalue weighted by Gasteiger charge is -2.17. The maximum absolute atomic E-state index is 11.4. The first-order valence-electron chi connectivity index (χ1n) is 4.40. The van der Waals surface area contributed by atoms with Crippen LogP contribution in [0.5, 0.6) is 0 Å². The van der Waals surface area contributed by atoms with Gasteiger partial charge in [-0.3, -0.25) is 19.3 Å². The molecule has 0 saturated heterocycles. The van der Waals surface area contributed by atoms with Gasteiger partial charge < -0.3 is 11.1 Å². The number of halogens is 1. The number of imide groups is 1. The Balaban J connectivity index is 4.36. The summed E-state index contributed by atoms with van der Waals surface area (Å²) in [5, 5.41) is 2.27. The van der Waals surface area contributed by atoms with Crippen LogP contribution >= 0.6 is 11.6 Å². The molecule has 0 spiro atoms. The fraction of sp³-hybridized carbons (Fsp3) is 0.625. The Morgan fingerprint density at radius 3 is 2.40 bits per heavy atom. The van der Waals surface area contributed by atoms with Crippen molar-refractivity contribution in [2.45, 2.75) is 6.92 Å². The second-order valence-electron chi connectivity index (χ2n) is 2.71. The zero-order chi connectivity index (χ0) is 11.8. The molecule has 0 aromatic carbocycles. The van der Waals surface area contributed by atoms with E-state index in [9.17, 15) is 14.4 Å². The van der Waals surface area contributed by atoms with Crippen molar-refractivity contribution in [3.8, 4) is 0 Å². The van der Waals surface area contributed by atoms with Gasteiger partial charge in [0.15, 0.2) is 0 Å². The normalized spacial score (nSPS) is 9.53. The minimum absolute atomic E-state index is 0.0302. The van der Waals surface area contributed by atoms with Crippen LogP contribution in [0.15, 0.2) is 0 Å². The van der Waals surface area contributed by atoms with Gasteiger partial charge in [0.05, 0.1) is 0 Å². The van der Waals surface area contributed by atoms with Gasteiger partial charge >= 0.3 is 11.8 Å². The van der Waals surface area contributed by atoms with Crippen LogP contribution in [0.25, 0.3) is 0 Å². The lowest BCUT2D eigenvalue weighted by Crippen LogP contribution is -2.47. The van der Waals surface area contributed by atoms with E-state index in [2.05, 4.69) is 5.32 Å². The first-order valence-corrected chi connectivity index (χ1v) is 4.94. The average Bonchev–Trinajstić information content (AvgIpc) is 2.21. The minimum atomic E-state index is -0.905. The van der Waals surface area contributed by atoms with Crippen molar-refractivity contribution in [3.63, 3.8) is 0 Å². The van der Waals surface area contributed by atoms with Crippen molar-refractivity contribution in [1.82, 2.24) is 10.2 Å². The van der Waals surface area contributed by atoms with Gasteiger partial charge in [-0.2, -0.15) is 0 Å². The highest BCUT2D eigenvalue weighted by Gasteiger charge is 2.23. The Labute approximate surface area is 92.7 Å². The van der Waals surface area contributed by atoms with E-state index in [1.54, 1.807) is 0 Å². The molecule has 0 aliphatic heterocycles. The zero-order valence-corrected chi connectivity index (χ0v) is 9.21. The Morgan fingerprint density at radius 1 is 1.40 bits per heavy atom. The molecule has 0 saturated carbocycles. The van der Waals surface area contributed by atoms with E-state index in [4.69, 9.17) is 17.3 Å². The number of carbonyl (C=O) groups excluding carboxylic acids is 3. The number of nitrogens with zero attached hydrogens (tertiary/aromatic N) is 1. The minimum Gasteiger partial charge on any atom is -0.347 e. The molecule has 0 atom stereocenters. The number of amides is 3. The van der Waals surface area contributed by atoms with Gasteiger partial charge in [0, 0.05) is 32.4 Å². The molecule has 7 heteroatoms. The Hall–Kier alpha value is -1.14. The van der Waals surface area contributed by atoms with Crippen LogP contribution in [-0.2, 0) is 14.4 Å². The molecule has 3 N–H and O–H groups in total. The van der Waals surface area contributed by atoms with Gasteiger partial charge in [-0.05, 0) is 0 Å². The van der Waals surface area contributed by atoms with Crippen LogP contribution in [-0.4, -0.2) is 48.1 Å². The topological polar surface area (TPSA) is 92.5 Å². The summed E-state index contributed by atoms with van der Waals surface area (Å²) in [5.41, 5.74) is 5.21. The summed E-state index contributed by atoms with van der Waals surface area (Å²) < 4.78 is 0. The standard InChI is InChI=1S/C8H14ClN3O3/c1-6(13)12(5-3-10)8(15)7(14)11-4-2-9/h2-5,10H2,1H3,(H,11,14). The summed E-state index contributed by atoms with van der Waals surface area (Å²) in [6.07, 6.45) is 0. The van der Waals surface area contributed by atoms with Crippen molar-refractivity contribution < 1.29 is 14.4 Å². The van der Waals surface area contributed by atoms with E-state index in [1.165, 1.54) is 6.92 Å². The summed E-state index contributed by atoms with van der Waals surface area (Å²) in [4.78, 5) is 34.3. The van der Waals surface area contributed by atoms with Gasteiger partial charge in [0.25, 0.3) is 0 Å². The lowest BCUT2D eigenvalue weighted by molar-refractivity contribution is -0.151. The van der Waals surface area contributed by atoms with Crippen LogP contribution in [0.3, 0.4) is 0 Å². The monoisotopic (exact) mass is 235 g/mol. The van der Waals surface area contributed by atoms with E-state index >= 15 is 0 Å². The SMILES string of the molecule is CC(=O)N(CCN)C(=O)C(=O)NCCCl. The average molecular weight is 236 g/mol. The van der Waals surface area contributed by atoms with Gasteiger partial charge in [0.2, 0.25) is 5.91 Å². The predicted octanol–water partition coefficient (Wildman–Crippen LogP) is -1.32. The highest BCUT2D eigenvalue weighted by atomic mass is 35.5. The molecule has 0 rings (SSSR count). The van der Waals surface area contributed by atoms with Crippen LogP contribution < -0.4 is 11.1 Å². The molecular weight excluding hydrogens is 222 g/mol. The molecule has 0 fully saturated rings. The number of carbonyl (C=O) groups is 3. The predicted molar refractivity (Wildman–Crippen MR) is 55.2 cm³/mol. The number of nitrogens with two attached hydrogens (primary N) is 1. The van der Waals surface area contributed by atoms with Gasteiger partial charge in [-0.15, -0.1) is 11.6 Å². The molecule has 15 heavy (non-hydrogen) atoms. The van der Waals surface area contributed by atoms with E-state index in [0.29, 0.717) is 0 Å². The number of hydrogen-bond acceptors (Lipinski definition) is 4. The fourth-order valence-corrected chi connectivity index (χ4v) is 0.985. The van der Waals surface area contributed by atoms with E-state index < -0.39 is 17.7 Å². The molecule has 0 aromatic rings. The number of hydrogen-bond donors (Lipinski definition) is 2. The molecule has 86 valence electrons. The maximum Gasteiger partial charge on any atom is 0.318 e. The largest absolute Gasteiger partial charge is 0.347 e. The smallest absolute Gasteiger partial charge is 0.318 e. The second-order valence-corrected chi connectivity index (χ2v) is 3.09. The second kappa shape index (κ2) is 7.19. The molecule has 0 heterocycles. The van der Waals surface area contributed by atoms with Crippen molar-refractivity contribution in [3.05, 3.63) is 0 Å². The molecular formula is C8H14ClN3O3. The third-order valence-electron chi connectivity index (χ3n) is 1.55. The van der Waals surface area contributed by atoms with E-state index in [0.717, 1.165) is 4.90 Å². The highest BCUT2D eigenvalue weighted by molar-refractivity contribution is 6.37. The number of alkyl halides is 1. The summed E-state index contributed by atoms with van der Waals surface area (Å²) in [7, 11) is 0. The first kappa shape index (κ1) is 13.9. The molecule has 0 aliphatic rings. The fourth-order valence-electron chi connectivity index (χ4n) is 0.890.